The van der Waals surface area contributed by atoms with Gasteiger partial charge in [-0.3, -0.25) is 0 Å². The summed E-state index contributed by atoms with van der Waals surface area (Å²) < 4.78 is 1.64. The topological polar surface area (TPSA) is 50.9 Å². The van der Waals surface area contributed by atoms with E-state index in [0.717, 1.165) is 18.5 Å². The summed E-state index contributed by atoms with van der Waals surface area (Å²) in [6.07, 6.45) is 4.04. The van der Waals surface area contributed by atoms with Gasteiger partial charge in [0.2, 0.25) is 0 Å². The molecule has 0 fully saturated rings. The van der Waals surface area contributed by atoms with E-state index in [0.29, 0.717) is 6.42 Å². The molecule has 0 amide bonds. The van der Waals surface area contributed by atoms with Gasteiger partial charge in [0.05, 0.1) is 11.9 Å². The van der Waals surface area contributed by atoms with Crippen LogP contribution in [0, 0.1) is 0 Å². The van der Waals surface area contributed by atoms with Crippen LogP contribution >= 0.6 is 0 Å². The molecule has 0 radical (unpaired) electrons. The Kier molecular flexibility index (Phi) is 3.03. The zero-order valence-electron chi connectivity index (χ0n) is 8.49. The minimum Gasteiger partial charge on any atom is -0.384 e. The highest BCUT2D eigenvalue weighted by molar-refractivity contribution is 5.07. The van der Waals surface area contributed by atoms with Crippen molar-refractivity contribution in [1.29, 1.82) is 0 Å². The Balaban J connectivity index is 2.95. The largest absolute Gasteiger partial charge is 0.384 e. The Bertz CT molecular complexity index is 272. The van der Waals surface area contributed by atoms with E-state index in [1.165, 1.54) is 0 Å². The van der Waals surface area contributed by atoms with Crippen LogP contribution in [0.25, 0.3) is 0 Å². The van der Waals surface area contributed by atoms with Gasteiger partial charge in [0.15, 0.2) is 0 Å². The monoisotopic (exact) mass is 183 g/mol. The number of aliphatic hydroxyl groups is 1. The first-order valence-electron chi connectivity index (χ1n) is 4.71. The van der Waals surface area contributed by atoms with Crippen molar-refractivity contribution in [2.75, 3.05) is 0 Å². The normalized spacial score (nSPS) is 15.7. The molecule has 1 unspecified atom stereocenters. The van der Waals surface area contributed by atoms with Gasteiger partial charge in [-0.1, -0.05) is 25.5 Å². The lowest BCUT2D eigenvalue weighted by atomic mass is 9.92. The molecule has 0 saturated carbocycles. The molecule has 1 N–H and O–H groups in total. The quantitative estimate of drug-likeness (QED) is 0.763. The fourth-order valence-corrected chi connectivity index (χ4v) is 1.61. The van der Waals surface area contributed by atoms with Crippen molar-refractivity contribution in [2.24, 2.45) is 7.05 Å². The van der Waals surface area contributed by atoms with Crippen molar-refractivity contribution in [2.45, 2.75) is 38.7 Å². The fraction of sp³-hybridized carbons (Fsp3) is 0.778. The second-order valence-electron chi connectivity index (χ2n) is 3.38. The van der Waals surface area contributed by atoms with Crippen LogP contribution < -0.4 is 0 Å². The van der Waals surface area contributed by atoms with Gasteiger partial charge in [0, 0.05) is 7.05 Å². The molecule has 1 aromatic rings. The SMILES string of the molecule is CCCC(O)(CC)c1cnnn1C. The first-order chi connectivity index (χ1) is 6.14. The average Bonchev–Trinajstić information content (AvgIpc) is 2.52. The summed E-state index contributed by atoms with van der Waals surface area (Å²) in [6.45, 7) is 4.03. The smallest absolute Gasteiger partial charge is 0.108 e. The molecule has 74 valence electrons. The summed E-state index contributed by atoms with van der Waals surface area (Å²) in [7, 11) is 1.80. The summed E-state index contributed by atoms with van der Waals surface area (Å²) in [5.41, 5.74) is 0.0457. The molecule has 0 aliphatic rings. The van der Waals surface area contributed by atoms with Crippen LogP contribution in [0.2, 0.25) is 0 Å². The molecular formula is C9H17N3O. The molecule has 1 atom stereocenters. The Morgan fingerprint density at radius 3 is 2.62 bits per heavy atom. The van der Waals surface area contributed by atoms with Gasteiger partial charge in [0.1, 0.15) is 5.60 Å². The number of hydrogen-bond donors (Lipinski definition) is 1. The summed E-state index contributed by atoms with van der Waals surface area (Å²) >= 11 is 0. The van der Waals surface area contributed by atoms with Crippen LogP contribution in [-0.2, 0) is 12.6 Å². The van der Waals surface area contributed by atoms with E-state index >= 15 is 0 Å². The molecule has 0 saturated heterocycles. The summed E-state index contributed by atoms with van der Waals surface area (Å²) in [6, 6.07) is 0. The lowest BCUT2D eigenvalue weighted by Gasteiger charge is -2.25. The first-order valence-corrected chi connectivity index (χ1v) is 4.71. The average molecular weight is 183 g/mol. The molecule has 0 bridgehead atoms. The zero-order valence-corrected chi connectivity index (χ0v) is 8.49. The minimum absolute atomic E-state index is 0.696. The van der Waals surface area contributed by atoms with E-state index in [4.69, 9.17) is 0 Å². The number of rotatable bonds is 4. The van der Waals surface area contributed by atoms with Crippen LogP contribution in [0.15, 0.2) is 6.20 Å². The van der Waals surface area contributed by atoms with Gasteiger partial charge in [-0.25, -0.2) is 4.68 Å². The molecule has 1 heterocycles. The van der Waals surface area contributed by atoms with Gasteiger partial charge in [-0.2, -0.15) is 0 Å². The third-order valence-electron chi connectivity index (χ3n) is 2.44. The van der Waals surface area contributed by atoms with Crippen LogP contribution in [0.3, 0.4) is 0 Å². The lowest BCUT2D eigenvalue weighted by Crippen LogP contribution is -2.27. The zero-order chi connectivity index (χ0) is 9.90. The second-order valence-corrected chi connectivity index (χ2v) is 3.38. The Hall–Kier alpha value is -0.900. The summed E-state index contributed by atoms with van der Waals surface area (Å²) in [5.74, 6) is 0. The predicted molar refractivity (Wildman–Crippen MR) is 50.1 cm³/mol. The second kappa shape index (κ2) is 3.87. The summed E-state index contributed by atoms with van der Waals surface area (Å²) in [5, 5.41) is 17.9. The van der Waals surface area contributed by atoms with Crippen molar-refractivity contribution in [3.63, 3.8) is 0 Å². The fourth-order valence-electron chi connectivity index (χ4n) is 1.61. The summed E-state index contributed by atoms with van der Waals surface area (Å²) in [4.78, 5) is 0. The van der Waals surface area contributed by atoms with E-state index in [2.05, 4.69) is 17.2 Å². The predicted octanol–water partition coefficient (Wildman–Crippen LogP) is 1.21. The van der Waals surface area contributed by atoms with Crippen molar-refractivity contribution in [3.8, 4) is 0 Å². The van der Waals surface area contributed by atoms with Gasteiger partial charge in [0.25, 0.3) is 0 Å². The number of nitrogens with zero attached hydrogens (tertiary/aromatic N) is 3. The van der Waals surface area contributed by atoms with Crippen LogP contribution in [0.4, 0.5) is 0 Å². The van der Waals surface area contributed by atoms with Gasteiger partial charge in [-0.05, 0) is 12.8 Å². The molecule has 0 aromatic carbocycles. The van der Waals surface area contributed by atoms with Gasteiger partial charge in [-0.15, -0.1) is 5.10 Å². The third-order valence-corrected chi connectivity index (χ3v) is 2.44. The Morgan fingerprint density at radius 1 is 1.54 bits per heavy atom. The van der Waals surface area contributed by atoms with E-state index < -0.39 is 5.60 Å². The van der Waals surface area contributed by atoms with Gasteiger partial charge >= 0.3 is 0 Å². The highest BCUT2D eigenvalue weighted by atomic mass is 16.3. The molecule has 0 aliphatic carbocycles. The maximum Gasteiger partial charge on any atom is 0.108 e. The Labute approximate surface area is 78.6 Å². The standard InChI is InChI=1S/C9H17N3O/c1-4-6-9(13,5-2)8-7-10-11-12(8)3/h7,13H,4-6H2,1-3H3. The molecular weight excluding hydrogens is 166 g/mol. The minimum atomic E-state index is -0.757. The molecule has 1 rings (SSSR count). The molecule has 0 spiro atoms. The maximum atomic E-state index is 10.3. The Morgan fingerprint density at radius 2 is 2.23 bits per heavy atom. The van der Waals surface area contributed by atoms with Crippen molar-refractivity contribution in [3.05, 3.63) is 11.9 Å². The van der Waals surface area contributed by atoms with E-state index in [1.54, 1.807) is 17.9 Å². The number of aryl methyl sites for hydroxylation is 1. The van der Waals surface area contributed by atoms with E-state index in [1.807, 2.05) is 6.92 Å². The van der Waals surface area contributed by atoms with Crippen LogP contribution in [0.1, 0.15) is 38.8 Å². The number of aromatic nitrogens is 3. The lowest BCUT2D eigenvalue weighted by molar-refractivity contribution is 0.0147. The van der Waals surface area contributed by atoms with Gasteiger partial charge < -0.3 is 5.11 Å². The molecule has 4 heteroatoms. The first kappa shape index (κ1) is 10.2. The van der Waals surface area contributed by atoms with Crippen molar-refractivity contribution < 1.29 is 5.11 Å². The third kappa shape index (κ3) is 1.88. The molecule has 1 aromatic heterocycles. The molecule has 13 heavy (non-hydrogen) atoms. The highest BCUT2D eigenvalue weighted by Gasteiger charge is 2.29. The highest BCUT2D eigenvalue weighted by Crippen LogP contribution is 2.28. The van der Waals surface area contributed by atoms with E-state index in [-0.39, 0.29) is 0 Å². The van der Waals surface area contributed by atoms with Crippen molar-refractivity contribution in [1.82, 2.24) is 15.0 Å². The van der Waals surface area contributed by atoms with Crippen LogP contribution in [0.5, 0.6) is 0 Å². The molecule has 0 aliphatic heterocycles. The van der Waals surface area contributed by atoms with Crippen LogP contribution in [-0.4, -0.2) is 20.1 Å². The van der Waals surface area contributed by atoms with E-state index in [9.17, 15) is 5.11 Å². The number of hydrogen-bond acceptors (Lipinski definition) is 3. The maximum absolute atomic E-state index is 10.3. The van der Waals surface area contributed by atoms with Crippen molar-refractivity contribution >= 4 is 0 Å². The molecule has 4 nitrogen and oxygen atoms in total.